The van der Waals surface area contributed by atoms with Crippen LogP contribution < -0.4 is 14.5 Å². The minimum atomic E-state index is -0.132. The van der Waals surface area contributed by atoms with Gasteiger partial charge in [0, 0.05) is 28.1 Å². The number of hydrogen-bond acceptors (Lipinski definition) is 4. The van der Waals surface area contributed by atoms with E-state index in [0.717, 1.165) is 34.0 Å². The highest BCUT2D eigenvalue weighted by molar-refractivity contribution is 6.35. The third-order valence-electron chi connectivity index (χ3n) is 5.04. The molecule has 0 amide bonds. The topological polar surface area (TPSA) is 34.1 Å². The summed E-state index contributed by atoms with van der Waals surface area (Å²) in [7, 11) is 3.27. The van der Waals surface area contributed by atoms with Gasteiger partial charge >= 0.3 is 0 Å². The second-order valence-electron chi connectivity index (χ2n) is 6.82. The van der Waals surface area contributed by atoms with Crippen LogP contribution in [-0.4, -0.2) is 19.9 Å². The smallest absolute Gasteiger partial charge is 0.127 e. The first-order valence-corrected chi connectivity index (χ1v) is 10.4. The summed E-state index contributed by atoms with van der Waals surface area (Å²) >= 11 is 18.9. The van der Waals surface area contributed by atoms with Crippen LogP contribution in [0, 0.1) is 0 Å². The molecule has 0 N–H and O–H groups in total. The van der Waals surface area contributed by atoms with E-state index < -0.39 is 0 Å². The lowest BCUT2D eigenvalue weighted by atomic mass is 9.97. The molecule has 1 aliphatic heterocycles. The Kier molecular flexibility index (Phi) is 6.09. The van der Waals surface area contributed by atoms with Crippen molar-refractivity contribution in [2.45, 2.75) is 12.5 Å². The first-order chi connectivity index (χ1) is 14.5. The van der Waals surface area contributed by atoms with E-state index in [4.69, 9.17) is 49.4 Å². The summed E-state index contributed by atoms with van der Waals surface area (Å²) in [6, 6.07) is 18.6. The molecular weight excluding hydrogens is 443 g/mol. The van der Waals surface area contributed by atoms with Gasteiger partial charge in [0.1, 0.15) is 11.5 Å². The molecule has 1 atom stereocenters. The molecular formula is C23H19Cl3N2O2. The Labute approximate surface area is 190 Å². The summed E-state index contributed by atoms with van der Waals surface area (Å²) in [4.78, 5) is 0. The highest BCUT2D eigenvalue weighted by Gasteiger charge is 2.33. The maximum absolute atomic E-state index is 6.53. The Morgan fingerprint density at radius 3 is 2.30 bits per heavy atom. The van der Waals surface area contributed by atoms with E-state index in [1.54, 1.807) is 26.4 Å². The van der Waals surface area contributed by atoms with E-state index in [2.05, 4.69) is 0 Å². The quantitative estimate of drug-likeness (QED) is 0.409. The van der Waals surface area contributed by atoms with Crippen molar-refractivity contribution in [2.75, 3.05) is 19.2 Å². The molecule has 0 aromatic heterocycles. The number of nitrogens with zero attached hydrogens (tertiary/aromatic N) is 2. The summed E-state index contributed by atoms with van der Waals surface area (Å²) in [5, 5.41) is 8.65. The Bertz CT molecular complexity index is 1100. The Morgan fingerprint density at radius 2 is 1.60 bits per heavy atom. The predicted molar refractivity (Wildman–Crippen MR) is 124 cm³/mol. The number of anilines is 1. The minimum absolute atomic E-state index is 0.132. The molecule has 0 bridgehead atoms. The number of rotatable bonds is 5. The van der Waals surface area contributed by atoms with Crippen LogP contribution in [0.5, 0.6) is 11.5 Å². The number of hydrogen-bond donors (Lipinski definition) is 0. The van der Waals surface area contributed by atoms with Crippen molar-refractivity contribution in [1.29, 1.82) is 0 Å². The first-order valence-electron chi connectivity index (χ1n) is 9.30. The largest absolute Gasteiger partial charge is 0.497 e. The van der Waals surface area contributed by atoms with Crippen LogP contribution in [0.2, 0.25) is 15.1 Å². The van der Waals surface area contributed by atoms with Gasteiger partial charge in [-0.2, -0.15) is 5.10 Å². The van der Waals surface area contributed by atoms with E-state index >= 15 is 0 Å². The molecule has 4 rings (SSSR count). The van der Waals surface area contributed by atoms with Crippen LogP contribution in [0.25, 0.3) is 0 Å². The van der Waals surface area contributed by atoms with Crippen molar-refractivity contribution in [3.05, 3.63) is 86.9 Å². The van der Waals surface area contributed by atoms with Crippen LogP contribution in [0.15, 0.2) is 65.8 Å². The van der Waals surface area contributed by atoms with Crippen molar-refractivity contribution in [3.63, 3.8) is 0 Å². The van der Waals surface area contributed by atoms with Crippen LogP contribution in [0.1, 0.15) is 23.6 Å². The van der Waals surface area contributed by atoms with Crippen LogP contribution in [0.3, 0.4) is 0 Å². The van der Waals surface area contributed by atoms with Crippen molar-refractivity contribution in [2.24, 2.45) is 5.10 Å². The van der Waals surface area contributed by atoms with Gasteiger partial charge in [-0.05, 0) is 48.0 Å². The molecule has 0 fully saturated rings. The number of benzene rings is 3. The lowest BCUT2D eigenvalue weighted by molar-refractivity contribution is 0.388. The normalized spacial score (nSPS) is 15.8. The monoisotopic (exact) mass is 460 g/mol. The zero-order valence-electron chi connectivity index (χ0n) is 16.4. The van der Waals surface area contributed by atoms with Gasteiger partial charge < -0.3 is 9.47 Å². The van der Waals surface area contributed by atoms with Gasteiger partial charge in [0.15, 0.2) is 0 Å². The molecule has 0 saturated heterocycles. The van der Waals surface area contributed by atoms with Gasteiger partial charge in [0.05, 0.1) is 36.7 Å². The number of ether oxygens (including phenoxy) is 2. The van der Waals surface area contributed by atoms with E-state index in [-0.39, 0.29) is 6.04 Å². The average molecular weight is 462 g/mol. The molecule has 7 heteroatoms. The van der Waals surface area contributed by atoms with E-state index in [9.17, 15) is 0 Å². The second kappa shape index (κ2) is 8.76. The molecule has 0 saturated carbocycles. The van der Waals surface area contributed by atoms with E-state index in [0.29, 0.717) is 21.5 Å². The van der Waals surface area contributed by atoms with E-state index in [1.807, 2.05) is 53.5 Å². The lowest BCUT2D eigenvalue weighted by Gasteiger charge is -2.26. The number of halogens is 3. The van der Waals surface area contributed by atoms with Crippen molar-refractivity contribution >= 4 is 46.2 Å². The van der Waals surface area contributed by atoms with Gasteiger partial charge in [-0.25, -0.2) is 0 Å². The molecule has 0 aliphatic carbocycles. The SMILES string of the molecule is COc1ccc([C@H]2CC(c3ccc(Cl)cc3)=NN2c2cc(Cl)ccc2Cl)c(OC)c1. The maximum atomic E-state index is 6.53. The fourth-order valence-electron chi connectivity index (χ4n) is 3.55. The molecule has 4 nitrogen and oxygen atoms in total. The summed E-state index contributed by atoms with van der Waals surface area (Å²) < 4.78 is 11.0. The Hall–Kier alpha value is -2.40. The van der Waals surface area contributed by atoms with Crippen molar-refractivity contribution < 1.29 is 9.47 Å². The molecule has 0 unspecified atom stereocenters. The highest BCUT2D eigenvalue weighted by atomic mass is 35.5. The highest BCUT2D eigenvalue weighted by Crippen LogP contribution is 2.44. The summed E-state index contributed by atoms with van der Waals surface area (Å²) in [5.74, 6) is 1.44. The molecule has 3 aromatic carbocycles. The zero-order valence-corrected chi connectivity index (χ0v) is 18.7. The molecule has 1 heterocycles. The lowest BCUT2D eigenvalue weighted by Crippen LogP contribution is -2.19. The van der Waals surface area contributed by atoms with Gasteiger partial charge in [0.2, 0.25) is 0 Å². The van der Waals surface area contributed by atoms with Crippen molar-refractivity contribution in [1.82, 2.24) is 0 Å². The zero-order chi connectivity index (χ0) is 21.3. The molecule has 154 valence electrons. The minimum Gasteiger partial charge on any atom is -0.497 e. The maximum Gasteiger partial charge on any atom is 0.127 e. The van der Waals surface area contributed by atoms with E-state index in [1.165, 1.54) is 0 Å². The third kappa shape index (κ3) is 4.08. The van der Waals surface area contributed by atoms with Gasteiger partial charge in [0.25, 0.3) is 0 Å². The van der Waals surface area contributed by atoms with Gasteiger partial charge in [-0.3, -0.25) is 5.01 Å². The van der Waals surface area contributed by atoms with Gasteiger partial charge in [-0.1, -0.05) is 46.9 Å². The second-order valence-corrected chi connectivity index (χ2v) is 8.10. The molecule has 1 aliphatic rings. The standard InChI is InChI=1S/C23H19Cl3N2O2/c1-29-17-8-9-18(23(12-17)30-2)21-13-20(14-3-5-15(24)6-4-14)27-28(21)22-11-16(25)7-10-19(22)26/h3-12,21H,13H2,1-2H3/t21-/m1/s1. The predicted octanol–water partition coefficient (Wildman–Crippen LogP) is 7.02. The molecule has 30 heavy (non-hydrogen) atoms. The summed E-state index contributed by atoms with van der Waals surface area (Å²) in [6.07, 6.45) is 0.660. The van der Waals surface area contributed by atoms with Crippen LogP contribution >= 0.6 is 34.8 Å². The van der Waals surface area contributed by atoms with Gasteiger partial charge in [-0.15, -0.1) is 0 Å². The molecule has 0 spiro atoms. The van der Waals surface area contributed by atoms with Crippen LogP contribution in [-0.2, 0) is 0 Å². The van der Waals surface area contributed by atoms with Crippen molar-refractivity contribution in [3.8, 4) is 11.5 Å². The number of hydrazone groups is 1. The molecule has 0 radical (unpaired) electrons. The average Bonchev–Trinajstić information content (AvgIpc) is 3.20. The van der Waals surface area contributed by atoms with Crippen LogP contribution in [0.4, 0.5) is 5.69 Å². The number of methoxy groups -OCH3 is 2. The summed E-state index contributed by atoms with van der Waals surface area (Å²) in [5.41, 5.74) is 3.63. The first kappa shape index (κ1) is 20.9. The Balaban J connectivity index is 1.82. The Morgan fingerprint density at radius 1 is 0.867 bits per heavy atom. The summed E-state index contributed by atoms with van der Waals surface area (Å²) in [6.45, 7) is 0. The molecule has 3 aromatic rings. The fraction of sp³-hybridized carbons (Fsp3) is 0.174. The fourth-order valence-corrected chi connectivity index (χ4v) is 4.04. The third-order valence-corrected chi connectivity index (χ3v) is 5.85.